The van der Waals surface area contributed by atoms with Gasteiger partial charge in [-0.2, -0.15) is 5.10 Å². The van der Waals surface area contributed by atoms with Crippen LogP contribution in [0.3, 0.4) is 0 Å². The number of nitrogens with one attached hydrogen (secondary N) is 1. The van der Waals surface area contributed by atoms with Gasteiger partial charge in [0.25, 0.3) is 5.91 Å². The predicted octanol–water partition coefficient (Wildman–Crippen LogP) is 4.40. The molecule has 0 unspecified atom stereocenters. The highest BCUT2D eigenvalue weighted by Crippen LogP contribution is 2.27. The minimum absolute atomic E-state index is 0.0871. The third-order valence-corrected chi connectivity index (χ3v) is 6.03. The van der Waals surface area contributed by atoms with E-state index < -0.39 is 35.8 Å². The van der Waals surface area contributed by atoms with Gasteiger partial charge in [0.15, 0.2) is 5.69 Å². The molecule has 8 nitrogen and oxygen atoms in total. The molecule has 186 valence electrons. The Morgan fingerprint density at radius 3 is 2.54 bits per heavy atom. The summed E-state index contributed by atoms with van der Waals surface area (Å²) in [5, 5.41) is 27.1. The number of carbonyl (C=O) groups excluding carboxylic acids is 1. The van der Waals surface area contributed by atoms with Crippen LogP contribution in [0.25, 0.3) is 5.69 Å². The third-order valence-electron chi connectivity index (χ3n) is 5.68. The van der Waals surface area contributed by atoms with Crippen LogP contribution >= 0.6 is 11.6 Å². The van der Waals surface area contributed by atoms with Gasteiger partial charge in [-0.25, -0.2) is 9.07 Å². The van der Waals surface area contributed by atoms with Crippen molar-refractivity contribution < 1.29 is 28.9 Å². The second kappa shape index (κ2) is 10.9. The largest absolute Gasteiger partial charge is 0.481 e. The first kappa shape index (κ1) is 26.2. The van der Waals surface area contributed by atoms with Gasteiger partial charge < -0.3 is 20.3 Å². The molecule has 0 bridgehead atoms. The Hall–Kier alpha value is -3.43. The summed E-state index contributed by atoms with van der Waals surface area (Å²) in [6.07, 6.45) is -0.402. The zero-order chi connectivity index (χ0) is 25.8. The highest BCUT2D eigenvalue weighted by atomic mass is 35.5. The van der Waals surface area contributed by atoms with Crippen molar-refractivity contribution in [3.05, 3.63) is 76.7 Å². The average Bonchev–Trinajstić information content (AvgIpc) is 3.22. The number of aliphatic carboxylic acids is 1. The molecule has 35 heavy (non-hydrogen) atoms. The van der Waals surface area contributed by atoms with Crippen molar-refractivity contribution in [2.75, 3.05) is 6.61 Å². The van der Waals surface area contributed by atoms with Gasteiger partial charge in [0, 0.05) is 11.1 Å². The van der Waals surface area contributed by atoms with E-state index in [4.69, 9.17) is 16.3 Å². The number of aromatic nitrogens is 2. The van der Waals surface area contributed by atoms with E-state index in [1.807, 2.05) is 13.8 Å². The highest BCUT2D eigenvalue weighted by molar-refractivity contribution is 6.31. The molecule has 10 heteroatoms. The minimum Gasteiger partial charge on any atom is -0.481 e. The van der Waals surface area contributed by atoms with Crippen LogP contribution in [-0.2, 0) is 4.79 Å². The number of rotatable bonds is 10. The van der Waals surface area contributed by atoms with E-state index in [2.05, 4.69) is 10.4 Å². The Morgan fingerprint density at radius 2 is 1.91 bits per heavy atom. The Morgan fingerprint density at radius 1 is 1.20 bits per heavy atom. The molecule has 2 aromatic carbocycles. The second-order valence-electron chi connectivity index (χ2n) is 8.71. The zero-order valence-electron chi connectivity index (χ0n) is 19.5. The number of carbonyl (C=O) groups is 2. The predicted molar refractivity (Wildman–Crippen MR) is 128 cm³/mol. The van der Waals surface area contributed by atoms with Crippen molar-refractivity contribution in [2.45, 2.75) is 38.8 Å². The fourth-order valence-corrected chi connectivity index (χ4v) is 3.43. The van der Waals surface area contributed by atoms with Crippen LogP contribution in [-0.4, -0.2) is 44.1 Å². The Kier molecular flexibility index (Phi) is 8.14. The Balaban J connectivity index is 1.94. The van der Waals surface area contributed by atoms with Gasteiger partial charge in [-0.3, -0.25) is 9.59 Å². The molecule has 3 aromatic rings. The third kappa shape index (κ3) is 6.58. The lowest BCUT2D eigenvalue weighted by atomic mass is 9.94. The van der Waals surface area contributed by atoms with Crippen LogP contribution in [0.15, 0.2) is 54.6 Å². The summed E-state index contributed by atoms with van der Waals surface area (Å²) < 4.78 is 20.9. The van der Waals surface area contributed by atoms with Crippen LogP contribution < -0.4 is 10.1 Å². The monoisotopic (exact) mass is 503 g/mol. The number of ether oxygens (including phenoxy) is 1. The normalized spacial score (nSPS) is 13.8. The summed E-state index contributed by atoms with van der Waals surface area (Å²) in [6, 6.07) is 12.6. The first-order valence-electron chi connectivity index (χ1n) is 11.0. The van der Waals surface area contributed by atoms with Crippen molar-refractivity contribution in [3.63, 3.8) is 0 Å². The Bertz CT molecular complexity index is 1210. The molecule has 0 saturated carbocycles. The summed E-state index contributed by atoms with van der Waals surface area (Å²) in [6.45, 7) is 5.19. The smallest absolute Gasteiger partial charge is 0.305 e. The molecule has 0 saturated heterocycles. The first-order chi connectivity index (χ1) is 16.5. The van der Waals surface area contributed by atoms with E-state index >= 15 is 0 Å². The van der Waals surface area contributed by atoms with Crippen molar-refractivity contribution >= 4 is 23.5 Å². The van der Waals surface area contributed by atoms with Crippen LogP contribution in [0.2, 0.25) is 5.02 Å². The molecule has 0 fully saturated rings. The molecular weight excluding hydrogens is 477 g/mol. The van der Waals surface area contributed by atoms with Gasteiger partial charge in [0.1, 0.15) is 12.4 Å². The average molecular weight is 504 g/mol. The molecule has 2 atom stereocenters. The lowest BCUT2D eigenvalue weighted by Crippen LogP contribution is -2.38. The number of amides is 1. The molecule has 1 amide bonds. The molecule has 0 spiro atoms. The van der Waals surface area contributed by atoms with Crippen LogP contribution in [0.5, 0.6) is 5.88 Å². The summed E-state index contributed by atoms with van der Waals surface area (Å²) in [5.74, 6) is -2.32. The topological polar surface area (TPSA) is 114 Å². The molecule has 0 radical (unpaired) electrons. The van der Waals surface area contributed by atoms with Crippen molar-refractivity contribution in [2.24, 2.45) is 5.92 Å². The second-order valence-corrected chi connectivity index (χ2v) is 9.11. The van der Waals surface area contributed by atoms with Gasteiger partial charge in [0.05, 0.1) is 23.8 Å². The van der Waals surface area contributed by atoms with Crippen LogP contribution in [0.4, 0.5) is 4.39 Å². The molecule has 0 aliphatic rings. The molecule has 3 N–H and O–H groups in total. The molecule has 0 aliphatic heterocycles. The number of aliphatic hydroxyl groups is 1. The number of halogens is 2. The zero-order valence-corrected chi connectivity index (χ0v) is 20.3. The molecule has 1 heterocycles. The first-order valence-corrected chi connectivity index (χ1v) is 11.3. The number of hydrogen-bond donors (Lipinski definition) is 3. The van der Waals surface area contributed by atoms with E-state index in [1.165, 1.54) is 28.9 Å². The molecule has 1 aromatic heterocycles. The quantitative estimate of drug-likeness (QED) is 0.378. The molecule has 3 rings (SSSR count). The number of carboxylic acids is 1. The van der Waals surface area contributed by atoms with Crippen molar-refractivity contribution in [1.29, 1.82) is 0 Å². The summed E-state index contributed by atoms with van der Waals surface area (Å²) in [4.78, 5) is 24.5. The highest BCUT2D eigenvalue weighted by Gasteiger charge is 2.28. The van der Waals surface area contributed by atoms with E-state index in [-0.39, 0.29) is 24.1 Å². The number of nitrogens with zero attached hydrogens (tertiary/aromatic N) is 2. The fourth-order valence-electron chi connectivity index (χ4n) is 3.16. The van der Waals surface area contributed by atoms with Gasteiger partial charge in [-0.05, 0) is 42.7 Å². The Labute approximate surface area is 207 Å². The SMILES string of the molecule is CC(C)[C@@](C)(O)COc1cc(C(=O)N[C@@H](CC(=O)O)c2ccccc2Cl)nn1-c1cccc(F)c1. The van der Waals surface area contributed by atoms with E-state index in [9.17, 15) is 24.2 Å². The molecular formula is C25H27ClFN3O5. The van der Waals surface area contributed by atoms with Gasteiger partial charge in [-0.15, -0.1) is 0 Å². The lowest BCUT2D eigenvalue weighted by molar-refractivity contribution is -0.137. The standard InChI is InChI=1S/C25H27ClFN3O5/c1-15(2)25(3,34)14-35-22-12-21(29-30(22)17-8-6-7-16(27)11-17)24(33)28-20(13-23(31)32)18-9-4-5-10-19(18)26/h4-12,15,20,34H,13-14H2,1-3H3,(H,28,33)(H,31,32)/t20-,25-/m0/s1. The van der Waals surface area contributed by atoms with E-state index in [0.29, 0.717) is 16.3 Å². The summed E-state index contributed by atoms with van der Waals surface area (Å²) >= 11 is 6.22. The number of hydrogen-bond acceptors (Lipinski definition) is 5. The maximum atomic E-state index is 13.9. The van der Waals surface area contributed by atoms with Crippen molar-refractivity contribution in [3.8, 4) is 11.6 Å². The van der Waals surface area contributed by atoms with Crippen LogP contribution in [0.1, 0.15) is 49.3 Å². The van der Waals surface area contributed by atoms with Crippen LogP contribution in [0, 0.1) is 11.7 Å². The van der Waals surface area contributed by atoms with Gasteiger partial charge >= 0.3 is 5.97 Å². The van der Waals surface area contributed by atoms with Gasteiger partial charge in [-0.1, -0.05) is 49.7 Å². The lowest BCUT2D eigenvalue weighted by Gasteiger charge is -2.27. The van der Waals surface area contributed by atoms with Crippen molar-refractivity contribution in [1.82, 2.24) is 15.1 Å². The summed E-state index contributed by atoms with van der Waals surface area (Å²) in [5.41, 5.74) is -0.512. The van der Waals surface area contributed by atoms with Gasteiger partial charge in [0.2, 0.25) is 5.88 Å². The van der Waals surface area contributed by atoms with E-state index in [0.717, 1.165) is 0 Å². The fraction of sp³-hybridized carbons (Fsp3) is 0.320. The number of benzene rings is 2. The number of carboxylic acid groups (broad SMARTS) is 1. The molecule has 0 aliphatic carbocycles. The minimum atomic E-state index is -1.17. The maximum Gasteiger partial charge on any atom is 0.305 e. The summed E-state index contributed by atoms with van der Waals surface area (Å²) in [7, 11) is 0. The maximum absolute atomic E-state index is 13.9. The van der Waals surface area contributed by atoms with E-state index in [1.54, 1.807) is 37.3 Å².